The Labute approximate surface area is 204 Å². The van der Waals surface area contributed by atoms with E-state index in [-0.39, 0.29) is 17.4 Å². The van der Waals surface area contributed by atoms with Crippen molar-refractivity contribution in [2.45, 2.75) is 52.7 Å². The fourth-order valence-corrected chi connectivity index (χ4v) is 4.57. The predicted molar refractivity (Wildman–Crippen MR) is 139 cm³/mol. The van der Waals surface area contributed by atoms with Crippen LogP contribution < -0.4 is 16.0 Å². The van der Waals surface area contributed by atoms with Crippen LogP contribution >= 0.6 is 11.3 Å². The van der Waals surface area contributed by atoms with Crippen molar-refractivity contribution in [1.82, 2.24) is 25.2 Å². The summed E-state index contributed by atoms with van der Waals surface area (Å²) in [6.45, 7) is 14.6. The van der Waals surface area contributed by atoms with Crippen molar-refractivity contribution in [3.8, 4) is 0 Å². The second-order valence-electron chi connectivity index (χ2n) is 9.80. The van der Waals surface area contributed by atoms with Crippen molar-refractivity contribution in [1.29, 1.82) is 0 Å². The second-order valence-corrected chi connectivity index (χ2v) is 10.8. The number of hydrogen-bond donors (Lipinski definition) is 3. The van der Waals surface area contributed by atoms with Crippen LogP contribution in [0.3, 0.4) is 0 Å². The number of thiazole rings is 1. The van der Waals surface area contributed by atoms with Crippen molar-refractivity contribution >= 4 is 44.4 Å². The summed E-state index contributed by atoms with van der Waals surface area (Å²) in [4.78, 5) is 28.5. The fourth-order valence-electron chi connectivity index (χ4n) is 3.75. The Morgan fingerprint density at radius 2 is 2.12 bits per heavy atom. The molecule has 34 heavy (non-hydrogen) atoms. The number of hydrogen-bond acceptors (Lipinski definition) is 8. The number of pyridine rings is 2. The third-order valence-corrected chi connectivity index (χ3v) is 7.12. The van der Waals surface area contributed by atoms with Gasteiger partial charge in [-0.15, -0.1) is 0 Å². The lowest BCUT2D eigenvalue weighted by atomic mass is 9.88. The molecule has 0 unspecified atom stereocenters. The average molecular weight is 480 g/mol. The molecule has 9 heteroatoms. The Morgan fingerprint density at radius 3 is 2.85 bits per heavy atom. The van der Waals surface area contributed by atoms with Gasteiger partial charge in [-0.05, 0) is 54.7 Å². The Morgan fingerprint density at radius 1 is 1.32 bits per heavy atom. The van der Waals surface area contributed by atoms with Gasteiger partial charge in [-0.25, -0.2) is 15.0 Å². The van der Waals surface area contributed by atoms with E-state index in [4.69, 9.17) is 4.98 Å². The summed E-state index contributed by atoms with van der Waals surface area (Å²) in [5.41, 5.74) is 2.14. The lowest BCUT2D eigenvalue weighted by Crippen LogP contribution is -2.37. The van der Waals surface area contributed by atoms with Crippen molar-refractivity contribution in [3.05, 3.63) is 48.7 Å². The van der Waals surface area contributed by atoms with E-state index in [1.807, 2.05) is 17.0 Å². The molecule has 8 nitrogen and oxygen atoms in total. The van der Waals surface area contributed by atoms with Gasteiger partial charge in [0.05, 0.1) is 0 Å². The third-order valence-electron chi connectivity index (χ3n) is 6.22. The third kappa shape index (κ3) is 5.90. The number of anilines is 3. The van der Waals surface area contributed by atoms with Gasteiger partial charge in [0, 0.05) is 37.9 Å². The zero-order valence-electron chi connectivity index (χ0n) is 20.3. The molecular formula is C25H33N7OS. The average Bonchev–Trinajstić information content (AvgIpc) is 3.42. The van der Waals surface area contributed by atoms with Crippen LogP contribution in [0.5, 0.6) is 0 Å². The smallest absolute Gasteiger partial charge is 0.246 e. The van der Waals surface area contributed by atoms with Crippen LogP contribution in [0.15, 0.2) is 43.1 Å². The number of nitrogens with one attached hydrogen (secondary N) is 3. The van der Waals surface area contributed by atoms with Crippen LogP contribution in [0.1, 0.15) is 39.7 Å². The SMILES string of the molecule is C=CC(=O)N1CC[C@H](Nc2cc(CN[C@H](C)C(C)(C)C)cc(Nc3nc4cccnc4s3)n2)C1. The lowest BCUT2D eigenvalue weighted by Gasteiger charge is -2.28. The number of carbonyl (C=O) groups excluding carboxylic acids is 1. The van der Waals surface area contributed by atoms with Gasteiger partial charge in [0.15, 0.2) is 5.13 Å². The molecule has 2 atom stereocenters. The van der Waals surface area contributed by atoms with Crippen LogP contribution in [0, 0.1) is 5.41 Å². The van der Waals surface area contributed by atoms with Gasteiger partial charge in [-0.3, -0.25) is 4.79 Å². The Bertz CT molecular complexity index is 1140. The van der Waals surface area contributed by atoms with Gasteiger partial charge in [-0.1, -0.05) is 38.7 Å². The van der Waals surface area contributed by atoms with E-state index in [0.29, 0.717) is 12.6 Å². The zero-order valence-corrected chi connectivity index (χ0v) is 21.1. The number of likely N-dealkylation sites (tertiary alicyclic amines) is 1. The molecule has 4 rings (SSSR count). The highest BCUT2D eigenvalue weighted by molar-refractivity contribution is 7.21. The Balaban J connectivity index is 1.54. The van der Waals surface area contributed by atoms with E-state index in [0.717, 1.165) is 52.2 Å². The van der Waals surface area contributed by atoms with Crippen LogP contribution in [-0.2, 0) is 11.3 Å². The summed E-state index contributed by atoms with van der Waals surface area (Å²) in [5, 5.41) is 11.3. The number of rotatable bonds is 8. The first-order valence-corrected chi connectivity index (χ1v) is 12.4. The molecule has 0 spiro atoms. The fraction of sp³-hybridized carbons (Fsp3) is 0.440. The highest BCUT2D eigenvalue weighted by Crippen LogP contribution is 2.28. The highest BCUT2D eigenvalue weighted by Gasteiger charge is 2.25. The molecule has 0 radical (unpaired) electrons. The van der Waals surface area contributed by atoms with Crippen LogP contribution in [-0.4, -0.2) is 50.9 Å². The molecule has 180 valence electrons. The maximum atomic E-state index is 12.0. The Kier molecular flexibility index (Phi) is 7.13. The molecule has 1 saturated heterocycles. The summed E-state index contributed by atoms with van der Waals surface area (Å²) in [7, 11) is 0. The molecule has 0 aliphatic carbocycles. The Hall–Kier alpha value is -3.04. The summed E-state index contributed by atoms with van der Waals surface area (Å²) < 4.78 is 0. The largest absolute Gasteiger partial charge is 0.365 e. The van der Waals surface area contributed by atoms with E-state index in [1.54, 1.807) is 6.20 Å². The summed E-state index contributed by atoms with van der Waals surface area (Å²) in [5.74, 6) is 1.47. The monoisotopic (exact) mass is 479 g/mol. The first-order valence-electron chi connectivity index (χ1n) is 11.6. The first kappa shape index (κ1) is 24.1. The maximum absolute atomic E-state index is 12.0. The minimum atomic E-state index is -0.0295. The number of fused-ring (bicyclic) bond motifs is 1. The van der Waals surface area contributed by atoms with E-state index >= 15 is 0 Å². The number of amides is 1. The van der Waals surface area contributed by atoms with Crippen molar-refractivity contribution in [3.63, 3.8) is 0 Å². The first-order chi connectivity index (χ1) is 16.2. The zero-order chi connectivity index (χ0) is 24.3. The van der Waals surface area contributed by atoms with Gasteiger partial charge in [0.2, 0.25) is 5.91 Å². The van der Waals surface area contributed by atoms with Crippen molar-refractivity contribution in [2.24, 2.45) is 5.41 Å². The van der Waals surface area contributed by atoms with Crippen LogP contribution in [0.25, 0.3) is 10.3 Å². The highest BCUT2D eigenvalue weighted by atomic mass is 32.1. The maximum Gasteiger partial charge on any atom is 0.246 e. The molecule has 4 heterocycles. The molecule has 1 aliphatic rings. The van der Waals surface area contributed by atoms with E-state index < -0.39 is 0 Å². The minimum absolute atomic E-state index is 0.0295. The molecule has 0 saturated carbocycles. The van der Waals surface area contributed by atoms with Gasteiger partial charge in [0.25, 0.3) is 0 Å². The number of aromatic nitrogens is 3. The molecule has 3 N–H and O–H groups in total. The summed E-state index contributed by atoms with van der Waals surface area (Å²) >= 11 is 1.50. The van der Waals surface area contributed by atoms with Crippen molar-refractivity contribution in [2.75, 3.05) is 23.7 Å². The molecule has 1 amide bonds. The lowest BCUT2D eigenvalue weighted by molar-refractivity contribution is -0.125. The topological polar surface area (TPSA) is 95.1 Å². The van der Waals surface area contributed by atoms with Crippen molar-refractivity contribution < 1.29 is 4.79 Å². The number of carbonyl (C=O) groups is 1. The second kappa shape index (κ2) is 10.1. The van der Waals surface area contributed by atoms with Crippen LogP contribution in [0.4, 0.5) is 16.8 Å². The molecular weight excluding hydrogens is 446 g/mol. The number of nitrogens with zero attached hydrogens (tertiary/aromatic N) is 4. The molecule has 0 aromatic carbocycles. The summed E-state index contributed by atoms with van der Waals surface area (Å²) in [6, 6.07) is 8.46. The summed E-state index contributed by atoms with van der Waals surface area (Å²) in [6.07, 6.45) is 4.02. The van der Waals surface area contributed by atoms with Crippen LogP contribution in [0.2, 0.25) is 0 Å². The van der Waals surface area contributed by atoms with Gasteiger partial charge >= 0.3 is 0 Å². The minimum Gasteiger partial charge on any atom is -0.365 e. The van der Waals surface area contributed by atoms with E-state index in [9.17, 15) is 4.79 Å². The van der Waals surface area contributed by atoms with Gasteiger partial charge in [-0.2, -0.15) is 0 Å². The molecule has 3 aromatic rings. The van der Waals surface area contributed by atoms with Gasteiger partial charge in [0.1, 0.15) is 22.0 Å². The van der Waals surface area contributed by atoms with E-state index in [2.05, 4.69) is 72.3 Å². The quantitative estimate of drug-likeness (QED) is 0.408. The standard InChI is InChI=1S/C25H33N7OS/c1-6-22(33)32-11-9-18(15-32)28-20-12-17(14-27-16(2)25(3,4)5)13-21(30-20)31-24-29-19-8-7-10-26-23(19)34-24/h6-8,10,12-13,16,18,27H,1,9,11,14-15H2,2-5H3,(H2,28,29,30,31)/t16-,18+/m1/s1. The van der Waals surface area contributed by atoms with E-state index in [1.165, 1.54) is 17.4 Å². The molecule has 1 fully saturated rings. The molecule has 3 aromatic heterocycles. The predicted octanol–water partition coefficient (Wildman–Crippen LogP) is 4.55. The normalized spacial score (nSPS) is 17.1. The van der Waals surface area contributed by atoms with Gasteiger partial charge < -0.3 is 20.9 Å². The molecule has 0 bridgehead atoms. The molecule has 1 aliphatic heterocycles.